The molecular weight excluding hydrogens is 348 g/mol. The lowest BCUT2D eigenvalue weighted by Gasteiger charge is -2.08. The van der Waals surface area contributed by atoms with Gasteiger partial charge in [0.1, 0.15) is 0 Å². The number of hydrogen-bond donors (Lipinski definition) is 0. The fourth-order valence-electron chi connectivity index (χ4n) is 1.98. The summed E-state index contributed by atoms with van der Waals surface area (Å²) >= 11 is 8.73. The van der Waals surface area contributed by atoms with Gasteiger partial charge in [-0.2, -0.15) is 11.8 Å². The number of aryl methyl sites for hydroxylation is 1. The van der Waals surface area contributed by atoms with E-state index in [2.05, 4.69) is 22.0 Å². The molecule has 0 saturated carbocycles. The van der Waals surface area contributed by atoms with Crippen LogP contribution in [-0.4, -0.2) is 11.5 Å². The summed E-state index contributed by atoms with van der Waals surface area (Å²) < 4.78 is 1.09. The molecule has 94 valence electrons. The molecule has 1 nitrogen and oxygen atoms in total. The highest BCUT2D eigenvalue weighted by molar-refractivity contribution is 9.11. The van der Waals surface area contributed by atoms with E-state index in [1.54, 1.807) is 22.7 Å². The third kappa shape index (κ3) is 2.74. The van der Waals surface area contributed by atoms with Crippen LogP contribution in [0.3, 0.4) is 0 Å². The molecule has 0 spiro atoms. The van der Waals surface area contributed by atoms with Crippen molar-refractivity contribution in [2.45, 2.75) is 18.6 Å². The summed E-state index contributed by atoms with van der Waals surface area (Å²) in [4.78, 5) is 15.7. The first kappa shape index (κ1) is 12.9. The Morgan fingerprint density at radius 3 is 2.94 bits per heavy atom. The first-order valence-corrected chi connectivity index (χ1v) is 9.27. The van der Waals surface area contributed by atoms with E-state index in [-0.39, 0.29) is 5.78 Å². The lowest BCUT2D eigenvalue weighted by molar-refractivity contribution is 0.0997. The Hall–Kier alpha value is -0.100. The molecule has 0 aliphatic carbocycles. The average molecular weight is 359 g/mol. The molecule has 0 N–H and O–H groups in total. The van der Waals surface area contributed by atoms with Gasteiger partial charge in [-0.3, -0.25) is 4.79 Å². The highest BCUT2D eigenvalue weighted by Gasteiger charge is 2.18. The molecule has 1 aliphatic rings. The van der Waals surface area contributed by atoms with Crippen LogP contribution in [-0.2, 0) is 18.6 Å². The van der Waals surface area contributed by atoms with Crippen LogP contribution in [0.4, 0.5) is 0 Å². The molecule has 3 rings (SSSR count). The van der Waals surface area contributed by atoms with Gasteiger partial charge in [-0.05, 0) is 51.9 Å². The molecule has 0 amide bonds. The van der Waals surface area contributed by atoms with Gasteiger partial charge >= 0.3 is 0 Å². The molecule has 0 atom stereocenters. The lowest BCUT2D eigenvalue weighted by atomic mass is 10.1. The molecule has 3 heterocycles. The number of thiophene rings is 2. The van der Waals surface area contributed by atoms with E-state index >= 15 is 0 Å². The molecule has 2 aromatic heterocycles. The summed E-state index contributed by atoms with van der Waals surface area (Å²) in [6, 6.07) is 6.14. The standard InChI is InChI=1S/C13H11BrOS3/c14-13-2-1-9(17-13)6-10(15)12-5-8-7-16-4-3-11(8)18-12/h1-2,5H,3-4,6-7H2. The number of rotatable bonds is 3. The molecule has 0 fully saturated rings. The Bertz CT molecular complexity index is 561. The summed E-state index contributed by atoms with van der Waals surface area (Å²) in [6.45, 7) is 0. The summed E-state index contributed by atoms with van der Waals surface area (Å²) in [6.07, 6.45) is 1.66. The average Bonchev–Trinajstić information content (AvgIpc) is 2.95. The van der Waals surface area contributed by atoms with E-state index in [1.807, 2.05) is 23.9 Å². The number of thioether (sulfide) groups is 1. The predicted octanol–water partition coefficient (Wildman–Crippen LogP) is 4.79. The second-order valence-electron chi connectivity index (χ2n) is 4.17. The van der Waals surface area contributed by atoms with E-state index in [1.165, 1.54) is 16.2 Å². The second-order valence-corrected chi connectivity index (χ2v) is 8.96. The maximum atomic E-state index is 12.2. The number of ketones is 1. The molecule has 0 bridgehead atoms. The molecule has 1 aliphatic heterocycles. The smallest absolute Gasteiger partial charge is 0.177 e. The van der Waals surface area contributed by atoms with Crippen molar-refractivity contribution in [3.05, 3.63) is 42.2 Å². The Labute approximate surface area is 127 Å². The first-order chi connectivity index (χ1) is 8.72. The van der Waals surface area contributed by atoms with Gasteiger partial charge in [-0.25, -0.2) is 0 Å². The largest absolute Gasteiger partial charge is 0.293 e. The van der Waals surface area contributed by atoms with Gasteiger partial charge < -0.3 is 0 Å². The van der Waals surface area contributed by atoms with Crippen LogP contribution in [0.5, 0.6) is 0 Å². The van der Waals surface area contributed by atoms with E-state index < -0.39 is 0 Å². The number of halogens is 1. The highest BCUT2D eigenvalue weighted by atomic mass is 79.9. The van der Waals surface area contributed by atoms with Crippen LogP contribution in [0.15, 0.2) is 22.0 Å². The van der Waals surface area contributed by atoms with Gasteiger partial charge in [-0.1, -0.05) is 0 Å². The van der Waals surface area contributed by atoms with Crippen LogP contribution in [0.25, 0.3) is 0 Å². The van der Waals surface area contributed by atoms with Crippen molar-refractivity contribution >= 4 is 56.1 Å². The minimum absolute atomic E-state index is 0.258. The van der Waals surface area contributed by atoms with E-state index in [4.69, 9.17) is 0 Å². The van der Waals surface area contributed by atoms with Crippen LogP contribution >= 0.6 is 50.4 Å². The summed E-state index contributed by atoms with van der Waals surface area (Å²) in [5.41, 5.74) is 1.38. The highest BCUT2D eigenvalue weighted by Crippen LogP contribution is 2.32. The fraction of sp³-hybridized carbons (Fsp3) is 0.308. The Kier molecular flexibility index (Phi) is 3.94. The molecule has 0 aromatic carbocycles. The van der Waals surface area contributed by atoms with Gasteiger partial charge in [0, 0.05) is 21.9 Å². The summed E-state index contributed by atoms with van der Waals surface area (Å²) in [7, 11) is 0. The fourth-order valence-corrected chi connectivity index (χ4v) is 5.77. The monoisotopic (exact) mass is 358 g/mol. The number of carbonyl (C=O) groups excluding carboxylic acids is 1. The maximum absolute atomic E-state index is 12.2. The van der Waals surface area contributed by atoms with Crippen molar-refractivity contribution in [1.82, 2.24) is 0 Å². The number of Topliss-reactive ketones (excluding diaryl/α,β-unsaturated/α-hetero) is 1. The molecule has 5 heteroatoms. The molecular formula is C13H11BrOS3. The zero-order chi connectivity index (χ0) is 12.5. The summed E-state index contributed by atoms with van der Waals surface area (Å²) in [5, 5.41) is 0. The molecule has 18 heavy (non-hydrogen) atoms. The maximum Gasteiger partial charge on any atom is 0.177 e. The zero-order valence-electron chi connectivity index (χ0n) is 9.57. The van der Waals surface area contributed by atoms with Crippen LogP contribution in [0.1, 0.15) is 25.0 Å². The van der Waals surface area contributed by atoms with Gasteiger partial charge in [0.2, 0.25) is 0 Å². The lowest BCUT2D eigenvalue weighted by Crippen LogP contribution is -1.99. The third-order valence-electron chi connectivity index (χ3n) is 2.87. The zero-order valence-corrected chi connectivity index (χ0v) is 13.6. The van der Waals surface area contributed by atoms with E-state index in [9.17, 15) is 4.79 Å². The number of hydrogen-bond acceptors (Lipinski definition) is 4. The van der Waals surface area contributed by atoms with Crippen molar-refractivity contribution in [2.75, 3.05) is 5.75 Å². The molecule has 0 unspecified atom stereocenters. The minimum Gasteiger partial charge on any atom is -0.293 e. The van der Waals surface area contributed by atoms with Crippen molar-refractivity contribution in [3.63, 3.8) is 0 Å². The Morgan fingerprint density at radius 2 is 2.22 bits per heavy atom. The topological polar surface area (TPSA) is 17.1 Å². The number of fused-ring (bicyclic) bond motifs is 1. The van der Waals surface area contributed by atoms with Crippen molar-refractivity contribution in [3.8, 4) is 0 Å². The van der Waals surface area contributed by atoms with Crippen molar-refractivity contribution in [2.24, 2.45) is 0 Å². The molecule has 2 aromatic rings. The second kappa shape index (κ2) is 5.49. The van der Waals surface area contributed by atoms with Crippen LogP contribution in [0, 0.1) is 0 Å². The first-order valence-electron chi connectivity index (χ1n) is 5.69. The Morgan fingerprint density at radius 1 is 1.33 bits per heavy atom. The SMILES string of the molecule is O=C(Cc1ccc(Br)s1)c1cc2c(s1)CCSC2. The van der Waals surface area contributed by atoms with Gasteiger partial charge in [0.05, 0.1) is 8.66 Å². The van der Waals surface area contributed by atoms with Gasteiger partial charge in [-0.15, -0.1) is 22.7 Å². The van der Waals surface area contributed by atoms with Crippen molar-refractivity contribution < 1.29 is 4.79 Å². The predicted molar refractivity (Wildman–Crippen MR) is 84.2 cm³/mol. The van der Waals surface area contributed by atoms with Gasteiger partial charge in [0.15, 0.2) is 5.78 Å². The third-order valence-corrected chi connectivity index (χ3v) is 6.78. The van der Waals surface area contributed by atoms with Crippen molar-refractivity contribution in [1.29, 1.82) is 0 Å². The van der Waals surface area contributed by atoms with E-state index in [0.29, 0.717) is 6.42 Å². The Balaban J connectivity index is 1.78. The van der Waals surface area contributed by atoms with Crippen LogP contribution in [0.2, 0.25) is 0 Å². The quantitative estimate of drug-likeness (QED) is 0.733. The van der Waals surface area contributed by atoms with Crippen LogP contribution < -0.4 is 0 Å². The minimum atomic E-state index is 0.258. The molecule has 0 saturated heterocycles. The molecule has 0 radical (unpaired) electrons. The normalized spacial score (nSPS) is 14.5. The summed E-state index contributed by atoms with van der Waals surface area (Å²) in [5.74, 6) is 2.52. The van der Waals surface area contributed by atoms with E-state index in [0.717, 1.165) is 25.7 Å². The number of carbonyl (C=O) groups is 1. The van der Waals surface area contributed by atoms with Gasteiger partial charge in [0.25, 0.3) is 0 Å².